The first-order valence-corrected chi connectivity index (χ1v) is 17.3. The summed E-state index contributed by atoms with van der Waals surface area (Å²) >= 11 is 0. The molecule has 1 aliphatic rings. The molecule has 238 valence electrons. The van der Waals surface area contributed by atoms with Crippen LogP contribution in [0.3, 0.4) is 0 Å². The summed E-state index contributed by atoms with van der Waals surface area (Å²) in [6.45, 7) is -1.05. The first-order chi connectivity index (χ1) is 19.9. The largest absolute Gasteiger partial charge is 0.536 e. The molecule has 4 rings (SSSR count). The molecular formula is C17H23N5O17P4. The molecular weight excluding hydrogens is 670 g/mol. The predicted molar refractivity (Wildman–Crippen MR) is 138 cm³/mol. The van der Waals surface area contributed by atoms with E-state index in [-0.39, 0.29) is 22.7 Å². The van der Waals surface area contributed by atoms with Gasteiger partial charge < -0.3 is 44.6 Å². The van der Waals surface area contributed by atoms with Crippen LogP contribution < -0.4 is 15.0 Å². The lowest BCUT2D eigenvalue weighted by Crippen LogP contribution is -2.33. The molecule has 22 nitrogen and oxygen atoms in total. The van der Waals surface area contributed by atoms with Crippen LogP contribution in [0.2, 0.25) is 0 Å². The Morgan fingerprint density at radius 1 is 0.860 bits per heavy atom. The predicted octanol–water partition coefficient (Wildman–Crippen LogP) is 0.583. The van der Waals surface area contributed by atoms with Gasteiger partial charge in [0.25, 0.3) is 0 Å². The summed E-state index contributed by atoms with van der Waals surface area (Å²) in [6.07, 6.45) is -4.06. The summed E-state index contributed by atoms with van der Waals surface area (Å²) in [6, 6.07) is 4.81. The fourth-order valence-electron chi connectivity index (χ4n) is 3.55. The molecule has 43 heavy (non-hydrogen) atoms. The standard InChI is InChI=1S/C17H23N5O17P4/c1-33-9-2-4-10(5-3-9)36-41(27,28)38-43(31,32)39-42(29,30)37-40(25,26)34-6-11-13(23)14(24)17(35-11)22-8-21-12-15(18)19-7-20-16(12)22/h2-5,7-8,11,13-14,17,23-24H,6H2,1H3,(H,25,26)(H,27,28)(H,29,30)(H,31,32)(H2,18,19,20)/t11-,13?,14+,17-/m1/s1. The second-order valence-electron chi connectivity index (χ2n) is 8.31. The van der Waals surface area contributed by atoms with E-state index >= 15 is 0 Å². The number of aliphatic hydroxyl groups excluding tert-OH is 2. The van der Waals surface area contributed by atoms with Gasteiger partial charge in [0.1, 0.15) is 41.7 Å². The van der Waals surface area contributed by atoms with Crippen LogP contribution in [-0.4, -0.2) is 81.3 Å². The molecule has 3 aromatic rings. The van der Waals surface area contributed by atoms with Crippen LogP contribution in [0, 0.1) is 0 Å². The fraction of sp³-hybridized carbons (Fsp3) is 0.353. The molecule has 0 amide bonds. The van der Waals surface area contributed by atoms with Crippen LogP contribution >= 0.6 is 31.3 Å². The summed E-state index contributed by atoms with van der Waals surface area (Å²) in [7, 11) is -21.9. The van der Waals surface area contributed by atoms with Gasteiger partial charge in [0.05, 0.1) is 20.0 Å². The van der Waals surface area contributed by atoms with E-state index in [2.05, 4.69) is 36.9 Å². The SMILES string of the molecule is COc1ccc(OP(=O)(O)OP(=O)(O)OP(=O)(O)OP(=O)(O)OC[C@H]2O[C@@H](n3cnc4c(N)ncnc43)[C@@H](O)C2O)cc1. The van der Waals surface area contributed by atoms with Gasteiger partial charge in [-0.1, -0.05) is 0 Å². The number of methoxy groups -OCH3 is 1. The van der Waals surface area contributed by atoms with Gasteiger partial charge in [-0.15, -0.1) is 0 Å². The molecule has 8 N–H and O–H groups in total. The van der Waals surface area contributed by atoms with Crippen molar-refractivity contribution < 1.29 is 79.5 Å². The third-order valence-electron chi connectivity index (χ3n) is 5.30. The van der Waals surface area contributed by atoms with Crippen molar-refractivity contribution in [1.29, 1.82) is 0 Å². The van der Waals surface area contributed by atoms with Gasteiger partial charge in [-0.2, -0.15) is 12.9 Å². The maximum absolute atomic E-state index is 12.3. The molecule has 0 aliphatic carbocycles. The van der Waals surface area contributed by atoms with E-state index < -0.39 is 62.4 Å². The van der Waals surface area contributed by atoms with Gasteiger partial charge in [0.15, 0.2) is 17.7 Å². The number of anilines is 1. The first-order valence-electron chi connectivity index (χ1n) is 11.3. The highest BCUT2D eigenvalue weighted by Crippen LogP contribution is 2.71. The molecule has 0 saturated carbocycles. The van der Waals surface area contributed by atoms with E-state index in [9.17, 15) is 48.0 Å². The topological polar surface area (TPSA) is 324 Å². The van der Waals surface area contributed by atoms with Crippen molar-refractivity contribution in [3.8, 4) is 11.5 Å². The highest BCUT2D eigenvalue weighted by molar-refractivity contribution is 7.69. The maximum Gasteiger partial charge on any atom is 0.536 e. The van der Waals surface area contributed by atoms with Gasteiger partial charge in [-0.25, -0.2) is 33.2 Å². The van der Waals surface area contributed by atoms with Crippen LogP contribution in [0.1, 0.15) is 6.23 Å². The molecule has 26 heteroatoms. The lowest BCUT2D eigenvalue weighted by molar-refractivity contribution is -0.0503. The first kappa shape index (κ1) is 33.5. The molecule has 1 aliphatic heterocycles. The van der Waals surface area contributed by atoms with Crippen molar-refractivity contribution in [2.24, 2.45) is 0 Å². The normalized spacial score (nSPS) is 26.2. The van der Waals surface area contributed by atoms with E-state index in [4.69, 9.17) is 15.2 Å². The Labute approximate surface area is 240 Å². The van der Waals surface area contributed by atoms with Gasteiger partial charge in [0, 0.05) is 0 Å². The number of nitrogen functional groups attached to an aromatic ring is 1. The summed E-state index contributed by atoms with van der Waals surface area (Å²) in [4.78, 5) is 50.7. The number of aliphatic hydroxyl groups is 2. The number of nitrogens with zero attached hydrogens (tertiary/aromatic N) is 4. The quantitative estimate of drug-likeness (QED) is 0.120. The molecule has 1 fully saturated rings. The molecule has 0 radical (unpaired) electrons. The van der Waals surface area contributed by atoms with Gasteiger partial charge in [-0.05, 0) is 24.3 Å². The fourth-order valence-corrected chi connectivity index (χ4v) is 8.50. The minimum Gasteiger partial charge on any atom is -0.497 e. The van der Waals surface area contributed by atoms with Crippen molar-refractivity contribution in [3.63, 3.8) is 0 Å². The van der Waals surface area contributed by atoms with Gasteiger partial charge in [-0.3, -0.25) is 14.0 Å². The number of aromatic nitrogens is 4. The van der Waals surface area contributed by atoms with Crippen LogP contribution in [0.5, 0.6) is 11.5 Å². The van der Waals surface area contributed by atoms with E-state index in [0.29, 0.717) is 5.75 Å². The Kier molecular flexibility index (Phi) is 9.80. The van der Waals surface area contributed by atoms with Crippen LogP contribution in [-0.2, 0) is 40.5 Å². The molecule has 3 heterocycles. The Morgan fingerprint density at radius 2 is 1.44 bits per heavy atom. The third-order valence-corrected chi connectivity index (χ3v) is 11.2. The number of rotatable bonds is 13. The minimum atomic E-state index is -6.06. The van der Waals surface area contributed by atoms with Crippen molar-refractivity contribution in [1.82, 2.24) is 19.5 Å². The highest BCUT2D eigenvalue weighted by atomic mass is 31.3. The zero-order chi connectivity index (χ0) is 31.8. The second-order valence-corrected chi connectivity index (χ2v) is 14.5. The summed E-state index contributed by atoms with van der Waals surface area (Å²) < 4.78 is 80.7. The Balaban J connectivity index is 1.34. The lowest BCUT2D eigenvalue weighted by Gasteiger charge is -2.21. The zero-order valence-corrected chi connectivity index (χ0v) is 24.9. The van der Waals surface area contributed by atoms with Crippen molar-refractivity contribution >= 4 is 48.3 Å². The van der Waals surface area contributed by atoms with Crippen LogP contribution in [0.25, 0.3) is 11.2 Å². The minimum absolute atomic E-state index is 0.00934. The molecule has 1 aromatic carbocycles. The molecule has 2 aromatic heterocycles. The molecule has 0 spiro atoms. The highest BCUT2D eigenvalue weighted by Gasteiger charge is 2.48. The Bertz CT molecular complexity index is 1660. The zero-order valence-electron chi connectivity index (χ0n) is 21.3. The van der Waals surface area contributed by atoms with Crippen molar-refractivity contribution in [2.45, 2.75) is 24.5 Å². The monoisotopic (exact) mass is 693 g/mol. The number of nitrogens with two attached hydrogens (primary N) is 1. The number of benzene rings is 1. The van der Waals surface area contributed by atoms with E-state index in [1.165, 1.54) is 30.1 Å². The second kappa shape index (κ2) is 12.6. The Hall–Kier alpha value is -2.35. The summed E-state index contributed by atoms with van der Waals surface area (Å²) in [5.41, 5.74) is 5.96. The van der Waals surface area contributed by atoms with Crippen LogP contribution in [0.4, 0.5) is 5.82 Å². The number of imidazole rings is 1. The number of hydrogen-bond acceptors (Lipinski definition) is 17. The molecule has 1 saturated heterocycles. The van der Waals surface area contributed by atoms with E-state index in [0.717, 1.165) is 18.5 Å². The molecule has 5 unspecified atom stereocenters. The number of fused-ring (bicyclic) bond motifs is 1. The Morgan fingerprint density at radius 3 is 2.07 bits per heavy atom. The van der Waals surface area contributed by atoms with Crippen molar-refractivity contribution in [2.75, 3.05) is 19.5 Å². The molecule has 0 bridgehead atoms. The smallest absolute Gasteiger partial charge is 0.497 e. The molecule has 8 atom stereocenters. The summed E-state index contributed by atoms with van der Waals surface area (Å²) in [5.74, 6) is -0.0237. The number of ether oxygens (including phenoxy) is 2. The van der Waals surface area contributed by atoms with E-state index in [1.54, 1.807) is 0 Å². The van der Waals surface area contributed by atoms with Crippen molar-refractivity contribution in [3.05, 3.63) is 36.9 Å². The van der Waals surface area contributed by atoms with Gasteiger partial charge in [0.2, 0.25) is 0 Å². The van der Waals surface area contributed by atoms with E-state index in [1.807, 2.05) is 0 Å². The maximum atomic E-state index is 12.3. The van der Waals surface area contributed by atoms with Gasteiger partial charge >= 0.3 is 31.3 Å². The lowest BCUT2D eigenvalue weighted by atomic mass is 10.1. The third kappa shape index (κ3) is 8.43. The number of hydrogen-bond donors (Lipinski definition) is 7. The summed E-state index contributed by atoms with van der Waals surface area (Å²) in [5, 5.41) is 20.8. The number of phosphoric acid groups is 4. The average Bonchev–Trinajstić information content (AvgIpc) is 3.42. The average molecular weight is 693 g/mol. The van der Waals surface area contributed by atoms with Crippen LogP contribution in [0.15, 0.2) is 36.9 Å². The number of phosphoric ester groups is 2.